The normalized spacial score (nSPS) is 17.5. The number of alkyl halides is 1. The van der Waals surface area contributed by atoms with Crippen molar-refractivity contribution in [3.63, 3.8) is 0 Å². The summed E-state index contributed by atoms with van der Waals surface area (Å²) in [7, 11) is -4.03. The van der Waals surface area contributed by atoms with Crippen LogP contribution in [0, 0.1) is 12.3 Å². The number of nitrogens with one attached hydrogen (secondary N) is 2. The summed E-state index contributed by atoms with van der Waals surface area (Å²) in [5.74, 6) is -1.01. The molecule has 84 heavy (non-hydrogen) atoms. The first-order chi connectivity index (χ1) is 40.2. The Hall–Kier alpha value is -8.31. The van der Waals surface area contributed by atoms with Gasteiger partial charge in [0.15, 0.2) is 11.5 Å². The van der Waals surface area contributed by atoms with Crippen LogP contribution >= 0.6 is 11.3 Å². The predicted octanol–water partition coefficient (Wildman–Crippen LogP) is 7.67. The van der Waals surface area contributed by atoms with E-state index in [2.05, 4.69) is 60.0 Å². The summed E-state index contributed by atoms with van der Waals surface area (Å²) in [4.78, 5) is 52.8. The fourth-order valence-electron chi connectivity index (χ4n) is 10.8. The van der Waals surface area contributed by atoms with Gasteiger partial charge in [0, 0.05) is 80.7 Å². The molecule has 2 aliphatic heterocycles. The second kappa shape index (κ2) is 23.4. The number of thiazole rings is 1. The molecule has 8 aromatic rings. The molecule has 3 aromatic heterocycles. The summed E-state index contributed by atoms with van der Waals surface area (Å²) in [5.41, 5.74) is 13.3. The zero-order valence-electron chi connectivity index (χ0n) is 47.0. The molecule has 11 rings (SSSR count). The van der Waals surface area contributed by atoms with Crippen molar-refractivity contribution in [2.24, 2.45) is 5.41 Å². The molecule has 3 amide bonds. The number of aliphatic hydroxyl groups is 1. The number of β-amino-alcohol motifs (C(OH)–C–C–N with tert-alkyl or cyclic N) is 1. The number of hydrogen-bond acceptors (Lipinski definition) is 16. The molecule has 3 aliphatic rings. The van der Waals surface area contributed by atoms with E-state index in [-0.39, 0.29) is 49.6 Å². The fourth-order valence-corrected chi connectivity index (χ4v) is 12.8. The van der Waals surface area contributed by atoms with E-state index in [9.17, 15) is 37.4 Å². The summed E-state index contributed by atoms with van der Waals surface area (Å²) in [6.45, 7) is 11.1. The van der Waals surface area contributed by atoms with E-state index in [4.69, 9.17) is 15.5 Å². The number of piperazine rings is 1. The molecular formula is C62H66FN11O8S2. The van der Waals surface area contributed by atoms with Gasteiger partial charge in [-0.3, -0.25) is 19.3 Å². The lowest BCUT2D eigenvalue weighted by Gasteiger charge is -2.36. The number of benzene rings is 5. The van der Waals surface area contributed by atoms with E-state index in [0.717, 1.165) is 69.6 Å². The van der Waals surface area contributed by atoms with Gasteiger partial charge in [0.1, 0.15) is 23.6 Å². The topological polar surface area (TPSA) is 251 Å². The Bertz CT molecular complexity index is 3880. The fraction of sp³-hybridized carbons (Fsp3) is 0.339. The quantitative estimate of drug-likeness (QED) is 0.0553. The van der Waals surface area contributed by atoms with Crippen molar-refractivity contribution in [1.82, 2.24) is 44.8 Å². The molecule has 0 bridgehead atoms. The Morgan fingerprint density at radius 1 is 0.905 bits per heavy atom. The summed E-state index contributed by atoms with van der Waals surface area (Å²) in [6.07, 6.45) is 1.19. The molecule has 19 nitrogen and oxygen atoms in total. The molecule has 3 atom stereocenters. The van der Waals surface area contributed by atoms with E-state index >= 15 is 0 Å². The van der Waals surface area contributed by atoms with Gasteiger partial charge >= 0.3 is 0 Å². The molecule has 22 heteroatoms. The van der Waals surface area contributed by atoms with Gasteiger partial charge in [0.05, 0.1) is 56.8 Å². The number of hydrogen-bond donors (Lipinski definition) is 5. The van der Waals surface area contributed by atoms with E-state index < -0.39 is 57.0 Å². The van der Waals surface area contributed by atoms with Gasteiger partial charge < -0.3 is 41.1 Å². The van der Waals surface area contributed by atoms with Gasteiger partial charge in [-0.1, -0.05) is 99.1 Å². The number of rotatable bonds is 18. The highest BCUT2D eigenvalue weighted by atomic mass is 32.2. The van der Waals surface area contributed by atoms with Gasteiger partial charge in [-0.05, 0) is 84.3 Å². The van der Waals surface area contributed by atoms with Crippen LogP contribution in [0.3, 0.4) is 0 Å². The number of para-hydroxylation sites is 1. The third-order valence-electron chi connectivity index (χ3n) is 15.8. The van der Waals surface area contributed by atoms with Crippen molar-refractivity contribution in [1.29, 1.82) is 0 Å². The molecule has 5 heterocycles. The standard InChI is InChI=1S/C62H66FN11O8S2/c1-38-9-19-46(20-10-38)84(80,81)74-49-29-41(15-17-43(49)34-67-74)54-55(83-37-66-54)42-16-18-44(33-65-58(77)51-31-45(75)36-73(51)59(78)56(61(2,3)4)68-60(79)62(63)22-23-62)53(30-42)82-28-21-39-11-13-40(14-12-39)35-71-24-26-72(27-25-71)50-32-48(69-70-57(50)64)47-7-5-6-8-52(47)76/h5-20,29-30,32,34,37,45,51,56,75-76H,21-28,31,33,35-36H2,1-4H3,(H2,64,70)(H,65,77)(H,68,79)/t45?,51?,56-/m1/s1. The lowest BCUT2D eigenvalue weighted by atomic mass is 9.85. The molecule has 1 aliphatic carbocycles. The highest BCUT2D eigenvalue weighted by Gasteiger charge is 2.53. The van der Waals surface area contributed by atoms with Crippen LogP contribution in [0.4, 0.5) is 15.9 Å². The number of nitrogens with two attached hydrogens (primary N) is 1. The zero-order chi connectivity index (χ0) is 59.1. The maximum Gasteiger partial charge on any atom is 0.283 e. The first-order valence-electron chi connectivity index (χ1n) is 28.0. The van der Waals surface area contributed by atoms with E-state index in [1.165, 1.54) is 22.4 Å². The Balaban J connectivity index is 0.798. The van der Waals surface area contributed by atoms with Gasteiger partial charge in [-0.25, -0.2) is 9.37 Å². The van der Waals surface area contributed by atoms with Crippen LogP contribution in [0.25, 0.3) is 43.9 Å². The molecule has 6 N–H and O–H groups in total. The third-order valence-corrected chi connectivity index (χ3v) is 18.3. The van der Waals surface area contributed by atoms with Crippen molar-refractivity contribution in [2.75, 3.05) is 50.0 Å². The smallest absolute Gasteiger partial charge is 0.283 e. The Labute approximate surface area is 490 Å². The average molecular weight is 1180 g/mol. The number of aromatic nitrogens is 5. The van der Waals surface area contributed by atoms with Crippen LogP contribution in [0.1, 0.15) is 62.3 Å². The van der Waals surface area contributed by atoms with Crippen LogP contribution in [0.15, 0.2) is 132 Å². The second-order valence-electron chi connectivity index (χ2n) is 23.0. The Morgan fingerprint density at radius 3 is 2.36 bits per heavy atom. The Morgan fingerprint density at radius 2 is 1.63 bits per heavy atom. The number of fused-ring (bicyclic) bond motifs is 1. The summed E-state index contributed by atoms with van der Waals surface area (Å²) in [5, 5.41) is 40.2. The molecule has 2 unspecified atom stereocenters. The molecule has 5 aromatic carbocycles. The number of nitrogen functional groups attached to an aromatic ring is 1. The lowest BCUT2D eigenvalue weighted by molar-refractivity contribution is -0.145. The molecule has 0 radical (unpaired) electrons. The maximum atomic E-state index is 14.9. The highest BCUT2D eigenvalue weighted by molar-refractivity contribution is 7.90. The first kappa shape index (κ1) is 57.5. The van der Waals surface area contributed by atoms with Gasteiger partial charge in [-0.15, -0.1) is 21.5 Å². The number of aromatic hydroxyl groups is 1. The number of phenols is 1. The van der Waals surface area contributed by atoms with Gasteiger partial charge in [-0.2, -0.15) is 17.6 Å². The number of ether oxygens (including phenoxy) is 1. The van der Waals surface area contributed by atoms with E-state index in [1.54, 1.807) is 74.8 Å². The molecule has 436 valence electrons. The number of likely N-dealkylation sites (tertiary alicyclic amines) is 1. The van der Waals surface area contributed by atoms with Crippen molar-refractivity contribution >= 4 is 61.5 Å². The maximum absolute atomic E-state index is 14.9. The number of anilines is 2. The third kappa shape index (κ3) is 12.2. The van der Waals surface area contributed by atoms with Crippen LogP contribution in [0.2, 0.25) is 0 Å². The van der Waals surface area contributed by atoms with E-state index in [0.29, 0.717) is 57.0 Å². The average Bonchev–Trinajstić information content (AvgIpc) is 2.36. The molecule has 2 saturated heterocycles. The second-order valence-corrected chi connectivity index (χ2v) is 25.6. The number of carbonyl (C=O) groups is 3. The number of phenolic OH excluding ortho intramolecular Hbond substituents is 1. The van der Waals surface area contributed by atoms with Crippen LogP contribution in [-0.2, 0) is 43.9 Å². The lowest BCUT2D eigenvalue weighted by Crippen LogP contribution is -2.59. The molecular weight excluding hydrogens is 1110 g/mol. The first-order valence-corrected chi connectivity index (χ1v) is 30.3. The number of amides is 3. The number of aliphatic hydroxyl groups excluding tert-OH is 1. The predicted molar refractivity (Wildman–Crippen MR) is 319 cm³/mol. The van der Waals surface area contributed by atoms with E-state index in [1.807, 2.05) is 49.4 Å². The summed E-state index contributed by atoms with van der Waals surface area (Å²) in [6, 6.07) is 32.8. The minimum absolute atomic E-state index is 0.00634. The number of nitrogens with zero attached hydrogens (tertiary/aromatic N) is 8. The summed E-state index contributed by atoms with van der Waals surface area (Å²) >= 11 is 1.40. The monoisotopic (exact) mass is 1180 g/mol. The van der Waals surface area contributed by atoms with Crippen molar-refractivity contribution < 1.29 is 42.1 Å². The number of aryl methyl sites for hydroxylation is 1. The largest absolute Gasteiger partial charge is 0.507 e. The number of carbonyl (C=O) groups excluding carboxylic acids is 3. The highest BCUT2D eigenvalue weighted by Crippen LogP contribution is 2.42. The number of halogens is 1. The van der Waals surface area contributed by atoms with Crippen LogP contribution in [0.5, 0.6) is 11.5 Å². The zero-order valence-corrected chi connectivity index (χ0v) is 48.7. The van der Waals surface area contributed by atoms with Gasteiger partial charge in [0.25, 0.3) is 15.9 Å². The van der Waals surface area contributed by atoms with Crippen molar-refractivity contribution in [3.8, 4) is 44.5 Å². The SMILES string of the molecule is Cc1ccc(S(=O)(=O)n2ncc3ccc(-c4ncsc4-c4ccc(CNC(=O)C5CC(O)CN5C(=O)[C@@H](NC(=O)C5(F)CC5)C(C)(C)C)c(OCCc5ccc(CN6CCN(c7cc(-c8ccccc8O)nnc7N)CC6)cc5)c4)cc32)cc1. The van der Waals surface area contributed by atoms with Crippen LogP contribution < -0.4 is 26.0 Å². The van der Waals surface area contributed by atoms with Gasteiger partial charge in [0.2, 0.25) is 11.8 Å². The van der Waals surface area contributed by atoms with Crippen molar-refractivity contribution in [2.45, 2.75) is 95.2 Å². The van der Waals surface area contributed by atoms with Crippen molar-refractivity contribution in [3.05, 3.63) is 149 Å². The minimum Gasteiger partial charge on any atom is -0.507 e. The van der Waals surface area contributed by atoms with Crippen LogP contribution in [-0.4, -0.2) is 134 Å². The molecule has 0 spiro atoms. The summed E-state index contributed by atoms with van der Waals surface area (Å²) < 4.78 is 50.3. The molecule has 3 fully saturated rings. The minimum atomic E-state index is -4.03. The molecule has 1 saturated carbocycles. The Kier molecular flexibility index (Phi) is 16.0.